The summed E-state index contributed by atoms with van der Waals surface area (Å²) in [6.45, 7) is 7.54. The van der Waals surface area contributed by atoms with Crippen LogP contribution in [-0.2, 0) is 42.5 Å². The number of carboxylic acids is 1. The molecule has 1 N–H and O–H groups in total. The second-order valence-electron chi connectivity index (χ2n) is 9.23. The van der Waals surface area contributed by atoms with Crippen LogP contribution in [0.15, 0.2) is 30.3 Å². The summed E-state index contributed by atoms with van der Waals surface area (Å²) in [4.78, 5) is 23.2. The Bertz CT molecular complexity index is 759. The normalized spacial score (nSPS) is 14.1. The van der Waals surface area contributed by atoms with Crippen molar-refractivity contribution in [3.8, 4) is 0 Å². The molecule has 0 saturated heterocycles. The van der Waals surface area contributed by atoms with E-state index in [2.05, 4.69) is 0 Å². The van der Waals surface area contributed by atoms with E-state index in [-0.39, 0.29) is 24.4 Å². The molecule has 2 unspecified atom stereocenters. The van der Waals surface area contributed by atoms with Gasteiger partial charge in [-0.15, -0.1) is 0 Å². The topological polar surface area (TPSA) is 97.7 Å². The zero-order valence-electron chi connectivity index (χ0n) is 19.1. The Morgan fingerprint density at radius 1 is 0.903 bits per heavy atom. The SMILES string of the molecule is CC(C)(CCS(=O)CCCS(=O)CCC(C)(C)C(=O)OCc1ccccc1)CC(=O)O. The van der Waals surface area contributed by atoms with Crippen LogP contribution in [0.25, 0.3) is 0 Å². The lowest BCUT2D eigenvalue weighted by Crippen LogP contribution is -2.28. The molecule has 176 valence electrons. The molecule has 8 heteroatoms. The third-order valence-corrected chi connectivity index (χ3v) is 7.91. The molecule has 0 radical (unpaired) electrons. The first-order valence-electron chi connectivity index (χ1n) is 10.5. The zero-order chi connectivity index (χ0) is 23.5. The zero-order valence-corrected chi connectivity index (χ0v) is 20.7. The molecule has 1 aromatic carbocycles. The van der Waals surface area contributed by atoms with Gasteiger partial charge in [-0.25, -0.2) is 0 Å². The van der Waals surface area contributed by atoms with Crippen molar-refractivity contribution in [2.24, 2.45) is 10.8 Å². The van der Waals surface area contributed by atoms with Crippen LogP contribution in [0.3, 0.4) is 0 Å². The Morgan fingerprint density at radius 2 is 1.45 bits per heavy atom. The number of hydrogen-bond donors (Lipinski definition) is 1. The Hall–Kier alpha value is -1.54. The lowest BCUT2D eigenvalue weighted by atomic mass is 9.87. The third kappa shape index (κ3) is 12.2. The van der Waals surface area contributed by atoms with Crippen LogP contribution < -0.4 is 0 Å². The largest absolute Gasteiger partial charge is 0.481 e. The highest BCUT2D eigenvalue weighted by atomic mass is 32.2. The van der Waals surface area contributed by atoms with E-state index in [1.807, 2.05) is 44.2 Å². The van der Waals surface area contributed by atoms with Gasteiger partial charge >= 0.3 is 11.9 Å². The molecule has 0 spiro atoms. The highest BCUT2D eigenvalue weighted by Gasteiger charge is 2.29. The number of carboxylic acid groups (broad SMARTS) is 1. The number of rotatable bonds is 15. The van der Waals surface area contributed by atoms with Crippen LogP contribution in [-0.4, -0.2) is 48.5 Å². The average molecular weight is 473 g/mol. The minimum absolute atomic E-state index is 0.0534. The van der Waals surface area contributed by atoms with Crippen LogP contribution in [0.1, 0.15) is 58.9 Å². The summed E-state index contributed by atoms with van der Waals surface area (Å²) in [7, 11) is -2.14. The molecule has 1 rings (SSSR count). The first-order valence-corrected chi connectivity index (χ1v) is 13.5. The van der Waals surface area contributed by atoms with Crippen molar-refractivity contribution in [2.75, 3.05) is 23.0 Å². The summed E-state index contributed by atoms with van der Waals surface area (Å²) in [5.41, 5.74) is -0.178. The molecule has 0 heterocycles. The fourth-order valence-corrected chi connectivity index (χ4v) is 5.90. The fraction of sp³-hybridized carbons (Fsp3) is 0.652. The predicted molar refractivity (Wildman–Crippen MR) is 126 cm³/mol. The molecule has 0 saturated carbocycles. The average Bonchev–Trinajstić information content (AvgIpc) is 2.69. The lowest BCUT2D eigenvalue weighted by Gasteiger charge is -2.22. The van der Waals surface area contributed by atoms with Crippen LogP contribution in [0.2, 0.25) is 0 Å². The van der Waals surface area contributed by atoms with Gasteiger partial charge in [0.25, 0.3) is 0 Å². The van der Waals surface area contributed by atoms with E-state index in [4.69, 9.17) is 9.84 Å². The summed E-state index contributed by atoms with van der Waals surface area (Å²) >= 11 is 0. The molecular formula is C23H36O6S2. The quantitative estimate of drug-likeness (QED) is 0.389. The minimum atomic E-state index is -1.09. The van der Waals surface area contributed by atoms with E-state index < -0.39 is 33.0 Å². The number of carbonyl (C=O) groups is 2. The van der Waals surface area contributed by atoms with Gasteiger partial charge in [0.15, 0.2) is 0 Å². The standard InChI is InChI=1S/C23H36O6S2/c1-22(2,17-20(24)25)11-15-30(27)13-8-14-31(28)16-12-23(3,4)21(26)29-18-19-9-6-5-7-10-19/h5-7,9-10H,8,11-18H2,1-4H3,(H,24,25). The lowest BCUT2D eigenvalue weighted by molar-refractivity contribution is -0.155. The molecule has 0 bridgehead atoms. The van der Waals surface area contributed by atoms with Crippen LogP contribution in [0.5, 0.6) is 0 Å². The molecule has 6 nitrogen and oxygen atoms in total. The van der Waals surface area contributed by atoms with Crippen molar-refractivity contribution in [3.05, 3.63) is 35.9 Å². The molecule has 0 aliphatic heterocycles. The fourth-order valence-electron chi connectivity index (χ4n) is 2.86. The van der Waals surface area contributed by atoms with Crippen molar-refractivity contribution in [1.29, 1.82) is 0 Å². The van der Waals surface area contributed by atoms with Crippen LogP contribution in [0.4, 0.5) is 0 Å². The summed E-state index contributed by atoms with van der Waals surface area (Å²) in [6, 6.07) is 9.47. The van der Waals surface area contributed by atoms with Crippen molar-refractivity contribution in [1.82, 2.24) is 0 Å². The summed E-state index contributed by atoms with van der Waals surface area (Å²) in [6.07, 6.45) is 1.67. The van der Waals surface area contributed by atoms with Gasteiger partial charge in [0.2, 0.25) is 0 Å². The van der Waals surface area contributed by atoms with Crippen LogP contribution in [0, 0.1) is 10.8 Å². The summed E-state index contributed by atoms with van der Waals surface area (Å²) < 4.78 is 29.9. The maximum atomic E-state index is 12.4. The molecule has 2 atom stereocenters. The van der Waals surface area contributed by atoms with Crippen molar-refractivity contribution < 1.29 is 27.9 Å². The van der Waals surface area contributed by atoms with E-state index in [0.29, 0.717) is 42.3 Å². The van der Waals surface area contributed by atoms with Gasteiger partial charge in [-0.3, -0.25) is 18.0 Å². The van der Waals surface area contributed by atoms with Crippen molar-refractivity contribution in [2.45, 2.75) is 60.0 Å². The Labute approximate surface area is 191 Å². The van der Waals surface area contributed by atoms with Gasteiger partial charge in [-0.1, -0.05) is 44.2 Å². The number of esters is 1. The number of ether oxygens (including phenoxy) is 1. The molecule has 31 heavy (non-hydrogen) atoms. The first kappa shape index (κ1) is 27.5. The van der Waals surface area contributed by atoms with Gasteiger partial charge in [0.05, 0.1) is 11.8 Å². The van der Waals surface area contributed by atoms with Gasteiger partial charge in [0, 0.05) is 44.6 Å². The molecule has 1 aromatic rings. The Kier molecular flexibility index (Phi) is 11.6. The molecule has 0 fully saturated rings. The number of hydrogen-bond acceptors (Lipinski definition) is 5. The van der Waals surface area contributed by atoms with Crippen molar-refractivity contribution >= 4 is 33.5 Å². The van der Waals surface area contributed by atoms with Gasteiger partial charge in [0.1, 0.15) is 6.61 Å². The monoisotopic (exact) mass is 472 g/mol. The van der Waals surface area contributed by atoms with Gasteiger partial charge in [-0.05, 0) is 44.1 Å². The van der Waals surface area contributed by atoms with E-state index in [9.17, 15) is 18.0 Å². The molecule has 0 aliphatic rings. The molecule has 0 aromatic heterocycles. The molecular weight excluding hydrogens is 436 g/mol. The van der Waals surface area contributed by atoms with E-state index >= 15 is 0 Å². The summed E-state index contributed by atoms with van der Waals surface area (Å²) in [5.74, 6) is 0.590. The molecule has 0 aliphatic carbocycles. The number of benzene rings is 1. The van der Waals surface area contributed by atoms with Gasteiger partial charge in [-0.2, -0.15) is 0 Å². The smallest absolute Gasteiger partial charge is 0.311 e. The highest BCUT2D eigenvalue weighted by Crippen LogP contribution is 2.25. The summed E-state index contributed by atoms with van der Waals surface area (Å²) in [5, 5.41) is 8.90. The first-order chi connectivity index (χ1) is 14.4. The minimum Gasteiger partial charge on any atom is -0.481 e. The van der Waals surface area contributed by atoms with Crippen LogP contribution >= 0.6 is 0 Å². The molecule has 0 amide bonds. The Morgan fingerprint density at radius 3 is 2.00 bits per heavy atom. The second-order valence-corrected chi connectivity index (χ2v) is 12.6. The highest BCUT2D eigenvalue weighted by molar-refractivity contribution is 7.85. The van der Waals surface area contributed by atoms with Gasteiger partial charge < -0.3 is 9.84 Å². The number of carbonyl (C=O) groups excluding carboxylic acids is 1. The van der Waals surface area contributed by atoms with E-state index in [1.165, 1.54) is 0 Å². The maximum Gasteiger partial charge on any atom is 0.311 e. The van der Waals surface area contributed by atoms with E-state index in [0.717, 1.165) is 5.56 Å². The van der Waals surface area contributed by atoms with E-state index in [1.54, 1.807) is 13.8 Å². The van der Waals surface area contributed by atoms with Crippen molar-refractivity contribution in [3.63, 3.8) is 0 Å². The number of aliphatic carboxylic acids is 1. The predicted octanol–water partition coefficient (Wildman–Crippen LogP) is 3.92. The maximum absolute atomic E-state index is 12.4. The second kappa shape index (κ2) is 13.1. The Balaban J connectivity index is 2.27. The third-order valence-electron chi connectivity index (χ3n) is 5.10.